The lowest BCUT2D eigenvalue weighted by Gasteiger charge is -2.19. The second-order valence-electron chi connectivity index (χ2n) is 6.78. The Morgan fingerprint density at radius 1 is 1.36 bits per heavy atom. The van der Waals surface area contributed by atoms with Gasteiger partial charge in [-0.1, -0.05) is 24.3 Å². The summed E-state index contributed by atoms with van der Waals surface area (Å²) in [7, 11) is -0.748. The van der Waals surface area contributed by atoms with E-state index in [1.165, 1.54) is 12.8 Å². The van der Waals surface area contributed by atoms with Gasteiger partial charge in [0.1, 0.15) is 5.71 Å². The zero-order valence-corrected chi connectivity index (χ0v) is 15.5. The van der Waals surface area contributed by atoms with Crippen molar-refractivity contribution in [2.45, 2.75) is 44.3 Å². The van der Waals surface area contributed by atoms with E-state index in [0.29, 0.717) is 18.2 Å². The molecule has 1 aromatic carbocycles. The third-order valence-electron chi connectivity index (χ3n) is 4.66. The normalized spacial score (nSPS) is 24.1. The first-order valence-electron chi connectivity index (χ1n) is 8.95. The fraction of sp³-hybridized carbons (Fsp3) is 0.500. The molecule has 2 atom stereocenters. The molecule has 0 spiro atoms. The highest BCUT2D eigenvalue weighted by Gasteiger charge is 2.20. The van der Waals surface area contributed by atoms with Crippen molar-refractivity contribution in [1.82, 2.24) is 0 Å². The number of rotatable bonds is 4. The van der Waals surface area contributed by atoms with Crippen LogP contribution in [0.15, 0.2) is 28.3 Å². The Labute approximate surface area is 152 Å². The fourth-order valence-corrected chi connectivity index (χ4v) is 4.46. The van der Waals surface area contributed by atoms with Gasteiger partial charge in [-0.25, -0.2) is 0 Å². The molecule has 0 amide bonds. The fourth-order valence-electron chi connectivity index (χ4n) is 2.96. The zero-order chi connectivity index (χ0) is 17.6. The third-order valence-corrected chi connectivity index (χ3v) is 6.47. The highest BCUT2D eigenvalue weighted by Crippen LogP contribution is 2.27. The molecule has 25 heavy (non-hydrogen) atoms. The lowest BCUT2D eigenvalue weighted by molar-refractivity contribution is 0.610. The summed E-state index contributed by atoms with van der Waals surface area (Å²) in [5, 5.41) is 4.06. The van der Waals surface area contributed by atoms with Gasteiger partial charge in [0, 0.05) is 39.8 Å². The van der Waals surface area contributed by atoms with Gasteiger partial charge in [0.2, 0.25) is 0 Å². The van der Waals surface area contributed by atoms with Crippen LogP contribution in [0.3, 0.4) is 0 Å². The van der Waals surface area contributed by atoms with E-state index in [9.17, 15) is 4.21 Å². The summed E-state index contributed by atoms with van der Waals surface area (Å²) in [4.78, 5) is 4.47. The topological polar surface area (TPSA) is 67.8 Å². The van der Waals surface area contributed by atoms with Crippen LogP contribution in [0.5, 0.6) is 0 Å². The first-order valence-corrected chi connectivity index (χ1v) is 10.3. The number of benzene rings is 1. The monoisotopic (exact) mass is 355 g/mol. The van der Waals surface area contributed by atoms with E-state index in [1.54, 1.807) is 6.21 Å². The van der Waals surface area contributed by atoms with Gasteiger partial charge in [0.25, 0.3) is 0 Å². The SMILES string of the molecule is Cc1cc(C#CC2CC2)ccc1/C(C=NCC1CCCCS1=O)=N/N. The predicted octanol–water partition coefficient (Wildman–Crippen LogP) is 2.79. The van der Waals surface area contributed by atoms with Crippen LogP contribution in [0.2, 0.25) is 0 Å². The molecule has 2 aliphatic rings. The van der Waals surface area contributed by atoms with E-state index in [0.717, 1.165) is 41.7 Å². The molecule has 0 aromatic heterocycles. The van der Waals surface area contributed by atoms with Crippen LogP contribution in [-0.2, 0) is 10.8 Å². The average molecular weight is 356 g/mol. The molecule has 3 rings (SSSR count). The molecule has 1 heterocycles. The second-order valence-corrected chi connectivity index (χ2v) is 8.62. The molecule has 1 aliphatic heterocycles. The summed E-state index contributed by atoms with van der Waals surface area (Å²) < 4.78 is 12.0. The largest absolute Gasteiger partial charge is 0.323 e. The van der Waals surface area contributed by atoms with Crippen LogP contribution in [0, 0.1) is 24.7 Å². The number of hydrogen-bond donors (Lipinski definition) is 1. The minimum absolute atomic E-state index is 0.171. The summed E-state index contributed by atoms with van der Waals surface area (Å²) in [5.41, 5.74) is 3.73. The summed E-state index contributed by atoms with van der Waals surface area (Å²) in [6.45, 7) is 2.61. The van der Waals surface area contributed by atoms with E-state index >= 15 is 0 Å². The number of hydrogen-bond acceptors (Lipinski definition) is 4. The van der Waals surface area contributed by atoms with Crippen LogP contribution in [0.1, 0.15) is 48.8 Å². The molecule has 1 aromatic rings. The van der Waals surface area contributed by atoms with Gasteiger partial charge in [-0.3, -0.25) is 9.20 Å². The Morgan fingerprint density at radius 2 is 2.20 bits per heavy atom. The van der Waals surface area contributed by atoms with E-state index in [1.807, 2.05) is 19.1 Å². The summed E-state index contributed by atoms with van der Waals surface area (Å²) >= 11 is 0. The van der Waals surface area contributed by atoms with Gasteiger partial charge in [-0.15, -0.1) is 0 Å². The van der Waals surface area contributed by atoms with Crippen molar-refractivity contribution >= 4 is 22.7 Å². The van der Waals surface area contributed by atoms with Gasteiger partial charge in [-0.2, -0.15) is 5.10 Å². The van der Waals surface area contributed by atoms with E-state index in [2.05, 4.69) is 28.0 Å². The molecule has 4 nitrogen and oxygen atoms in total. The molecule has 2 N–H and O–H groups in total. The van der Waals surface area contributed by atoms with Gasteiger partial charge in [0.05, 0.1) is 11.8 Å². The highest BCUT2D eigenvalue weighted by molar-refractivity contribution is 7.85. The van der Waals surface area contributed by atoms with Gasteiger partial charge in [0.15, 0.2) is 0 Å². The molecule has 0 bridgehead atoms. The number of aliphatic imine (C=N–C) groups is 1. The average Bonchev–Trinajstić information content (AvgIpc) is 3.44. The van der Waals surface area contributed by atoms with Crippen molar-refractivity contribution in [2.24, 2.45) is 21.9 Å². The lowest BCUT2D eigenvalue weighted by Crippen LogP contribution is -2.25. The van der Waals surface area contributed by atoms with E-state index in [4.69, 9.17) is 5.84 Å². The van der Waals surface area contributed by atoms with Crippen molar-refractivity contribution in [3.63, 3.8) is 0 Å². The maximum absolute atomic E-state index is 12.0. The highest BCUT2D eigenvalue weighted by atomic mass is 32.2. The number of nitrogens with zero attached hydrogens (tertiary/aromatic N) is 2. The maximum atomic E-state index is 12.0. The maximum Gasteiger partial charge on any atom is 0.108 e. The molecule has 5 heteroatoms. The standard InChI is InChI=1S/C20H25N3OS/c1-15-12-17(8-7-16-5-6-16)9-10-19(15)20(23-21)14-22-13-18-4-2-3-11-25(18)24/h9-10,12,14,16,18H,2-6,11,13,21H2,1H3/b22-14?,23-20+. The minimum Gasteiger partial charge on any atom is -0.323 e. The lowest BCUT2D eigenvalue weighted by atomic mass is 10.0. The van der Waals surface area contributed by atoms with Crippen LogP contribution in [0.4, 0.5) is 0 Å². The smallest absolute Gasteiger partial charge is 0.108 e. The van der Waals surface area contributed by atoms with Crippen molar-refractivity contribution in [2.75, 3.05) is 12.3 Å². The third kappa shape index (κ3) is 5.02. The summed E-state index contributed by atoms with van der Waals surface area (Å²) in [6, 6.07) is 6.08. The van der Waals surface area contributed by atoms with E-state index in [-0.39, 0.29) is 5.25 Å². The Kier molecular flexibility index (Phi) is 6.04. The van der Waals surface area contributed by atoms with Crippen LogP contribution in [-0.4, -0.2) is 33.7 Å². The van der Waals surface area contributed by atoms with E-state index < -0.39 is 10.8 Å². The minimum atomic E-state index is -0.748. The number of nitrogens with two attached hydrogens (primary N) is 1. The predicted molar refractivity (Wildman–Crippen MR) is 106 cm³/mol. The molecule has 1 saturated heterocycles. The Morgan fingerprint density at radius 3 is 2.88 bits per heavy atom. The second kappa shape index (κ2) is 8.44. The van der Waals surface area contributed by atoms with Crippen LogP contribution in [0.25, 0.3) is 0 Å². The Hall–Kier alpha value is -1.93. The molecule has 2 fully saturated rings. The first-order chi connectivity index (χ1) is 12.2. The molecular formula is C20H25N3OS. The first kappa shape index (κ1) is 17.9. The molecule has 0 radical (unpaired) electrons. The van der Waals surface area contributed by atoms with Crippen molar-refractivity contribution in [3.05, 3.63) is 34.9 Å². The molecule has 132 valence electrons. The summed E-state index contributed by atoms with van der Waals surface area (Å²) in [6.07, 6.45) is 7.38. The summed E-state index contributed by atoms with van der Waals surface area (Å²) in [5.74, 6) is 13.5. The van der Waals surface area contributed by atoms with Crippen LogP contribution >= 0.6 is 0 Å². The van der Waals surface area contributed by atoms with Crippen LogP contribution < -0.4 is 5.84 Å². The van der Waals surface area contributed by atoms with Gasteiger partial charge >= 0.3 is 0 Å². The van der Waals surface area contributed by atoms with Crippen molar-refractivity contribution < 1.29 is 4.21 Å². The zero-order valence-electron chi connectivity index (χ0n) is 14.7. The molecule has 1 saturated carbocycles. The Bertz CT molecular complexity index is 769. The Balaban J connectivity index is 1.67. The molecule has 2 unspecified atom stereocenters. The number of hydrazone groups is 1. The van der Waals surface area contributed by atoms with Gasteiger partial charge < -0.3 is 5.84 Å². The molecule has 1 aliphatic carbocycles. The quantitative estimate of drug-likeness (QED) is 0.390. The molecular weight excluding hydrogens is 330 g/mol. The number of aryl methyl sites for hydroxylation is 1. The van der Waals surface area contributed by atoms with Gasteiger partial charge in [-0.05, 0) is 50.3 Å². The van der Waals surface area contributed by atoms with Crippen molar-refractivity contribution in [1.29, 1.82) is 0 Å². The van der Waals surface area contributed by atoms with Crippen molar-refractivity contribution in [3.8, 4) is 11.8 Å².